The van der Waals surface area contributed by atoms with E-state index < -0.39 is 5.97 Å². The fourth-order valence-corrected chi connectivity index (χ4v) is 0.783. The lowest BCUT2D eigenvalue weighted by Crippen LogP contribution is -2.09. The second-order valence-electron chi connectivity index (χ2n) is 2.35. The lowest BCUT2D eigenvalue weighted by atomic mass is 10.1. The maximum atomic E-state index is 11.3. The number of carbonyl (C=O) groups excluding carboxylic acids is 2. The lowest BCUT2D eigenvalue weighted by Gasteiger charge is -1.97. The molecular weight excluding hydrogens is 170 g/mol. The number of pyridine rings is 1. The van der Waals surface area contributed by atoms with E-state index >= 15 is 0 Å². The van der Waals surface area contributed by atoms with Crippen molar-refractivity contribution in [2.24, 2.45) is 0 Å². The summed E-state index contributed by atoms with van der Waals surface area (Å²) in [6.07, 6.45) is 2.58. The number of esters is 1. The van der Waals surface area contributed by atoms with Gasteiger partial charge < -0.3 is 4.74 Å². The SMILES string of the molecule is COC(=O)CC(=O)c1c[c]cnc1. The highest BCUT2D eigenvalue weighted by molar-refractivity contribution is 6.05. The quantitative estimate of drug-likeness (QED) is 0.387. The molecule has 1 aromatic heterocycles. The Bertz CT molecular complexity index is 308. The number of hydrogen-bond donors (Lipinski definition) is 0. The number of carbonyl (C=O) groups is 2. The smallest absolute Gasteiger partial charge is 0.313 e. The fraction of sp³-hybridized carbons (Fsp3) is 0.222. The number of methoxy groups -OCH3 is 1. The number of ether oxygens (including phenoxy) is 1. The molecule has 0 aliphatic carbocycles. The van der Waals surface area contributed by atoms with Crippen LogP contribution in [0.3, 0.4) is 0 Å². The molecule has 1 radical (unpaired) electrons. The van der Waals surface area contributed by atoms with Crippen LogP contribution in [-0.4, -0.2) is 23.8 Å². The van der Waals surface area contributed by atoms with Gasteiger partial charge in [0.15, 0.2) is 5.78 Å². The van der Waals surface area contributed by atoms with Crippen molar-refractivity contribution in [3.05, 3.63) is 30.1 Å². The maximum absolute atomic E-state index is 11.3. The summed E-state index contributed by atoms with van der Waals surface area (Å²) < 4.78 is 4.35. The first-order valence-corrected chi connectivity index (χ1v) is 3.65. The number of rotatable bonds is 3. The Morgan fingerprint density at radius 1 is 1.62 bits per heavy atom. The Labute approximate surface area is 75.5 Å². The third kappa shape index (κ3) is 2.66. The number of aromatic nitrogens is 1. The number of Topliss-reactive ketones (excluding diaryl/α,β-unsaturated/α-hetero) is 1. The zero-order chi connectivity index (χ0) is 9.68. The van der Waals surface area contributed by atoms with Crippen molar-refractivity contribution in [1.82, 2.24) is 4.98 Å². The Morgan fingerprint density at radius 2 is 2.38 bits per heavy atom. The van der Waals surface area contributed by atoms with Gasteiger partial charge in [0, 0.05) is 24.0 Å². The fourth-order valence-electron chi connectivity index (χ4n) is 0.783. The van der Waals surface area contributed by atoms with Gasteiger partial charge in [-0.05, 0) is 6.07 Å². The standard InChI is InChI=1S/C9H8NO3/c1-13-9(12)5-8(11)7-3-2-4-10-6-7/h3-4,6H,5H2,1H3. The van der Waals surface area contributed by atoms with Gasteiger partial charge in [-0.1, -0.05) is 0 Å². The summed E-state index contributed by atoms with van der Waals surface area (Å²) in [5.41, 5.74) is 0.368. The molecule has 13 heavy (non-hydrogen) atoms. The van der Waals surface area contributed by atoms with Crippen molar-refractivity contribution in [3.63, 3.8) is 0 Å². The number of nitrogens with zero attached hydrogens (tertiary/aromatic N) is 1. The summed E-state index contributed by atoms with van der Waals surface area (Å²) in [5, 5.41) is 0. The van der Waals surface area contributed by atoms with Crippen molar-refractivity contribution in [2.75, 3.05) is 7.11 Å². The largest absolute Gasteiger partial charge is 0.469 e. The number of hydrogen-bond acceptors (Lipinski definition) is 4. The summed E-state index contributed by atoms with van der Waals surface area (Å²) >= 11 is 0. The third-order valence-corrected chi connectivity index (χ3v) is 1.46. The minimum atomic E-state index is -0.547. The van der Waals surface area contributed by atoms with E-state index in [0.29, 0.717) is 5.56 Å². The van der Waals surface area contributed by atoms with Crippen LogP contribution in [0.4, 0.5) is 0 Å². The van der Waals surface area contributed by atoms with Crippen molar-refractivity contribution in [3.8, 4) is 0 Å². The Kier molecular flexibility index (Phi) is 3.14. The molecule has 0 N–H and O–H groups in total. The van der Waals surface area contributed by atoms with Crippen molar-refractivity contribution in [1.29, 1.82) is 0 Å². The molecule has 1 heterocycles. The predicted octanol–water partition coefficient (Wildman–Crippen LogP) is 0.628. The molecule has 0 spiro atoms. The molecule has 0 aromatic carbocycles. The molecule has 1 aromatic rings. The van der Waals surface area contributed by atoms with Crippen LogP contribution < -0.4 is 0 Å². The molecule has 0 amide bonds. The predicted molar refractivity (Wildman–Crippen MR) is 44.0 cm³/mol. The van der Waals surface area contributed by atoms with Crippen molar-refractivity contribution < 1.29 is 14.3 Å². The first kappa shape index (κ1) is 9.38. The molecule has 0 saturated carbocycles. The highest BCUT2D eigenvalue weighted by Crippen LogP contribution is 2.00. The average Bonchev–Trinajstić information content (AvgIpc) is 2.19. The van der Waals surface area contributed by atoms with E-state index in [-0.39, 0.29) is 12.2 Å². The van der Waals surface area contributed by atoms with E-state index in [1.54, 1.807) is 0 Å². The highest BCUT2D eigenvalue weighted by Gasteiger charge is 2.11. The van der Waals surface area contributed by atoms with Crippen LogP contribution in [-0.2, 0) is 9.53 Å². The molecule has 1 rings (SSSR count). The zero-order valence-electron chi connectivity index (χ0n) is 7.11. The van der Waals surface area contributed by atoms with Crippen LogP contribution in [0.5, 0.6) is 0 Å². The topological polar surface area (TPSA) is 56.3 Å². The van der Waals surface area contributed by atoms with Crippen molar-refractivity contribution in [2.45, 2.75) is 6.42 Å². The summed E-state index contributed by atoms with van der Waals surface area (Å²) in [4.78, 5) is 25.7. The van der Waals surface area contributed by atoms with E-state index in [4.69, 9.17) is 0 Å². The Hall–Kier alpha value is -1.71. The maximum Gasteiger partial charge on any atom is 0.313 e. The molecule has 0 aliphatic rings. The van der Waals surface area contributed by atoms with Crippen LogP contribution in [0.25, 0.3) is 0 Å². The molecule has 0 unspecified atom stereocenters. The third-order valence-electron chi connectivity index (χ3n) is 1.46. The van der Waals surface area contributed by atoms with Crippen LogP contribution in [0.1, 0.15) is 16.8 Å². The van der Waals surface area contributed by atoms with Crippen LogP contribution in [0.15, 0.2) is 18.5 Å². The molecule has 0 atom stereocenters. The summed E-state index contributed by atoms with van der Waals surface area (Å²) in [6.45, 7) is 0. The Morgan fingerprint density at radius 3 is 2.92 bits per heavy atom. The van der Waals surface area contributed by atoms with Gasteiger partial charge in [-0.2, -0.15) is 0 Å². The van der Waals surface area contributed by atoms with E-state index in [2.05, 4.69) is 15.8 Å². The van der Waals surface area contributed by atoms with Crippen LogP contribution in [0, 0.1) is 6.07 Å². The second-order valence-corrected chi connectivity index (χ2v) is 2.35. The van der Waals surface area contributed by atoms with E-state index in [1.807, 2.05) is 0 Å². The number of ketones is 1. The average molecular weight is 178 g/mol. The summed E-state index contributed by atoms with van der Waals surface area (Å²) in [5.74, 6) is -0.856. The van der Waals surface area contributed by atoms with Gasteiger partial charge in [-0.25, -0.2) is 0 Å². The van der Waals surface area contributed by atoms with Gasteiger partial charge in [-0.15, -0.1) is 0 Å². The monoisotopic (exact) mass is 178 g/mol. The van der Waals surface area contributed by atoms with E-state index in [9.17, 15) is 9.59 Å². The highest BCUT2D eigenvalue weighted by atomic mass is 16.5. The molecule has 67 valence electrons. The molecule has 4 nitrogen and oxygen atoms in total. The normalized spacial score (nSPS) is 9.31. The van der Waals surface area contributed by atoms with Crippen molar-refractivity contribution >= 4 is 11.8 Å². The van der Waals surface area contributed by atoms with Gasteiger partial charge in [0.25, 0.3) is 0 Å². The van der Waals surface area contributed by atoms with Gasteiger partial charge in [0.1, 0.15) is 6.42 Å². The van der Waals surface area contributed by atoms with E-state index in [1.165, 1.54) is 25.6 Å². The first-order chi connectivity index (χ1) is 6.24. The molecule has 0 fully saturated rings. The molecular formula is C9H8NO3. The molecule has 4 heteroatoms. The van der Waals surface area contributed by atoms with Crippen LogP contribution in [0.2, 0.25) is 0 Å². The first-order valence-electron chi connectivity index (χ1n) is 3.65. The van der Waals surface area contributed by atoms with Gasteiger partial charge in [0.2, 0.25) is 0 Å². The molecule has 0 saturated heterocycles. The van der Waals surface area contributed by atoms with E-state index in [0.717, 1.165) is 0 Å². The summed E-state index contributed by atoms with van der Waals surface area (Å²) in [7, 11) is 1.24. The summed E-state index contributed by atoms with van der Waals surface area (Å²) in [6, 6.07) is 4.13. The van der Waals surface area contributed by atoms with Gasteiger partial charge in [0.05, 0.1) is 7.11 Å². The van der Waals surface area contributed by atoms with Crippen LogP contribution >= 0.6 is 0 Å². The molecule has 0 bridgehead atoms. The van der Waals surface area contributed by atoms with Gasteiger partial charge in [-0.3, -0.25) is 14.6 Å². The minimum Gasteiger partial charge on any atom is -0.469 e. The second kappa shape index (κ2) is 4.35. The minimum absolute atomic E-state index is 0.254. The van der Waals surface area contributed by atoms with Gasteiger partial charge >= 0.3 is 5.97 Å². The lowest BCUT2D eigenvalue weighted by molar-refractivity contribution is -0.139. The zero-order valence-corrected chi connectivity index (χ0v) is 7.11. The Balaban J connectivity index is 2.65. The molecule has 0 aliphatic heterocycles.